The van der Waals surface area contributed by atoms with E-state index in [-0.39, 0.29) is 0 Å². The number of hydrogen-bond acceptors (Lipinski definition) is 3. The molecule has 21 heavy (non-hydrogen) atoms. The largest absolute Gasteiger partial charge is 0.327 e. The van der Waals surface area contributed by atoms with E-state index in [9.17, 15) is 0 Å². The average Bonchev–Trinajstić information content (AvgIpc) is 3.09. The summed E-state index contributed by atoms with van der Waals surface area (Å²) < 4.78 is 2.26. The maximum absolute atomic E-state index is 4.57. The molecule has 3 aromatic heterocycles. The van der Waals surface area contributed by atoms with Crippen molar-refractivity contribution in [2.45, 2.75) is 26.9 Å². The predicted molar refractivity (Wildman–Crippen MR) is 89.7 cm³/mol. The Kier molecular flexibility index (Phi) is 4.36. The molecule has 0 saturated carbocycles. The van der Waals surface area contributed by atoms with Crippen molar-refractivity contribution in [2.75, 3.05) is 6.54 Å². The molecule has 0 aliphatic carbocycles. The maximum atomic E-state index is 4.57. The highest BCUT2D eigenvalue weighted by Crippen LogP contribution is 2.21. The summed E-state index contributed by atoms with van der Waals surface area (Å²) in [5.41, 5.74) is 2.41. The lowest BCUT2D eigenvalue weighted by Gasteiger charge is -2.06. The van der Waals surface area contributed by atoms with E-state index in [1.165, 1.54) is 15.8 Å². The molecular weight excluding hydrogens is 278 g/mol. The molecule has 0 unspecified atom stereocenters. The van der Waals surface area contributed by atoms with E-state index in [4.69, 9.17) is 0 Å². The topological polar surface area (TPSA) is 29.9 Å². The average molecular weight is 299 g/mol. The fraction of sp³-hybridized carbons (Fsp3) is 0.353. The van der Waals surface area contributed by atoms with Crippen molar-refractivity contribution in [1.82, 2.24) is 14.9 Å². The lowest BCUT2D eigenvalue weighted by molar-refractivity contribution is 0.553. The minimum absolute atomic E-state index is 0.669. The van der Waals surface area contributed by atoms with Gasteiger partial charge in [-0.05, 0) is 41.6 Å². The summed E-state index contributed by atoms with van der Waals surface area (Å²) in [6.07, 6.45) is 4.11. The van der Waals surface area contributed by atoms with Crippen LogP contribution in [-0.2, 0) is 13.1 Å². The first-order chi connectivity index (χ1) is 10.2. The lowest BCUT2D eigenvalue weighted by atomic mass is 10.2. The Bertz CT molecular complexity index is 698. The summed E-state index contributed by atoms with van der Waals surface area (Å²) in [4.78, 5) is 5.93. The van der Waals surface area contributed by atoms with Crippen LogP contribution in [0.5, 0.6) is 0 Å². The van der Waals surface area contributed by atoms with Gasteiger partial charge in [-0.15, -0.1) is 11.3 Å². The zero-order valence-electron chi connectivity index (χ0n) is 12.5. The van der Waals surface area contributed by atoms with Crippen LogP contribution < -0.4 is 5.32 Å². The Hall–Kier alpha value is -1.65. The molecule has 3 heterocycles. The van der Waals surface area contributed by atoms with Gasteiger partial charge in [-0.3, -0.25) is 0 Å². The van der Waals surface area contributed by atoms with E-state index in [2.05, 4.69) is 58.5 Å². The van der Waals surface area contributed by atoms with Crippen LogP contribution in [0.2, 0.25) is 0 Å². The molecule has 0 fully saturated rings. The highest BCUT2D eigenvalue weighted by Gasteiger charge is 2.09. The van der Waals surface area contributed by atoms with Gasteiger partial charge in [-0.1, -0.05) is 19.9 Å². The molecule has 0 amide bonds. The zero-order chi connectivity index (χ0) is 14.7. The van der Waals surface area contributed by atoms with Gasteiger partial charge in [0, 0.05) is 29.2 Å². The third-order valence-corrected chi connectivity index (χ3v) is 4.35. The first-order valence-corrected chi connectivity index (χ1v) is 8.28. The summed E-state index contributed by atoms with van der Waals surface area (Å²) in [6, 6.07) is 8.46. The van der Waals surface area contributed by atoms with Crippen molar-refractivity contribution < 1.29 is 0 Å². The molecule has 3 rings (SSSR count). The van der Waals surface area contributed by atoms with Crippen molar-refractivity contribution in [2.24, 2.45) is 5.92 Å². The molecule has 4 heteroatoms. The second-order valence-corrected chi connectivity index (χ2v) is 6.79. The van der Waals surface area contributed by atoms with Gasteiger partial charge >= 0.3 is 0 Å². The van der Waals surface area contributed by atoms with Crippen LogP contribution >= 0.6 is 11.3 Å². The molecular formula is C17H21N3S. The van der Waals surface area contributed by atoms with E-state index in [1.807, 2.05) is 12.3 Å². The summed E-state index contributed by atoms with van der Waals surface area (Å²) in [7, 11) is 0. The van der Waals surface area contributed by atoms with Gasteiger partial charge in [0.05, 0.1) is 6.54 Å². The van der Waals surface area contributed by atoms with Gasteiger partial charge in [0.25, 0.3) is 0 Å². The molecule has 1 N–H and O–H groups in total. The summed E-state index contributed by atoms with van der Waals surface area (Å²) in [5, 5.41) is 6.91. The predicted octanol–water partition coefficient (Wildman–Crippen LogP) is 3.89. The van der Waals surface area contributed by atoms with Crippen molar-refractivity contribution in [3.05, 3.63) is 52.5 Å². The van der Waals surface area contributed by atoms with Crippen molar-refractivity contribution >= 4 is 22.4 Å². The summed E-state index contributed by atoms with van der Waals surface area (Å²) in [6.45, 7) is 7.30. The van der Waals surface area contributed by atoms with E-state index in [0.29, 0.717) is 5.92 Å². The molecule has 0 aliphatic heterocycles. The minimum atomic E-state index is 0.669. The van der Waals surface area contributed by atoms with Crippen LogP contribution in [0.3, 0.4) is 0 Å². The van der Waals surface area contributed by atoms with Crippen LogP contribution in [0, 0.1) is 5.92 Å². The molecule has 0 atom stereocenters. The summed E-state index contributed by atoms with van der Waals surface area (Å²) in [5.74, 6) is 0.669. The maximum Gasteiger partial charge on any atom is 0.140 e. The van der Waals surface area contributed by atoms with Gasteiger partial charge < -0.3 is 9.88 Å². The monoisotopic (exact) mass is 299 g/mol. The molecule has 3 nitrogen and oxygen atoms in total. The van der Waals surface area contributed by atoms with E-state index < -0.39 is 0 Å². The Morgan fingerprint density at radius 2 is 2.19 bits per heavy atom. The molecule has 0 aromatic carbocycles. The van der Waals surface area contributed by atoms with Gasteiger partial charge in [-0.25, -0.2) is 4.98 Å². The molecule has 0 spiro atoms. The second kappa shape index (κ2) is 6.41. The smallest absolute Gasteiger partial charge is 0.140 e. The molecule has 110 valence electrons. The third kappa shape index (κ3) is 3.34. The van der Waals surface area contributed by atoms with E-state index in [1.54, 1.807) is 11.3 Å². The Labute approximate surface area is 129 Å². The SMILES string of the molecule is CC(C)CNCc1cn(Cc2cccs2)c2ncccc12. The lowest BCUT2D eigenvalue weighted by Crippen LogP contribution is -2.18. The number of pyridine rings is 1. The Morgan fingerprint density at radius 3 is 2.95 bits per heavy atom. The number of nitrogens with zero attached hydrogens (tertiary/aromatic N) is 2. The van der Waals surface area contributed by atoms with Gasteiger partial charge in [-0.2, -0.15) is 0 Å². The number of aromatic nitrogens is 2. The Balaban J connectivity index is 1.86. The van der Waals surface area contributed by atoms with Crippen molar-refractivity contribution in [3.63, 3.8) is 0 Å². The number of fused-ring (bicyclic) bond motifs is 1. The normalized spacial score (nSPS) is 11.6. The molecule has 3 aromatic rings. The molecule has 0 saturated heterocycles. The van der Waals surface area contributed by atoms with Gasteiger partial charge in [0.2, 0.25) is 0 Å². The first-order valence-electron chi connectivity index (χ1n) is 7.40. The van der Waals surface area contributed by atoms with Crippen LogP contribution in [-0.4, -0.2) is 16.1 Å². The number of rotatable bonds is 6. The first kappa shape index (κ1) is 14.3. The van der Waals surface area contributed by atoms with Crippen molar-refractivity contribution in [3.8, 4) is 0 Å². The van der Waals surface area contributed by atoms with E-state index >= 15 is 0 Å². The highest BCUT2D eigenvalue weighted by molar-refractivity contribution is 7.09. The van der Waals surface area contributed by atoms with Gasteiger partial charge in [0.15, 0.2) is 0 Å². The number of hydrogen-bond donors (Lipinski definition) is 1. The highest BCUT2D eigenvalue weighted by atomic mass is 32.1. The van der Waals surface area contributed by atoms with Crippen LogP contribution in [0.4, 0.5) is 0 Å². The van der Waals surface area contributed by atoms with Crippen molar-refractivity contribution in [1.29, 1.82) is 0 Å². The molecule has 0 bridgehead atoms. The quantitative estimate of drug-likeness (QED) is 0.748. The molecule has 0 radical (unpaired) electrons. The van der Waals surface area contributed by atoms with E-state index in [0.717, 1.165) is 25.3 Å². The van der Waals surface area contributed by atoms with Crippen LogP contribution in [0.15, 0.2) is 42.0 Å². The summed E-state index contributed by atoms with van der Waals surface area (Å²) >= 11 is 1.79. The fourth-order valence-electron chi connectivity index (χ4n) is 2.52. The standard InChI is InChI=1S/C17H21N3S/c1-13(2)9-18-10-14-11-20(12-15-5-4-8-21-15)17-16(14)6-3-7-19-17/h3-8,11,13,18H,9-10,12H2,1-2H3. The minimum Gasteiger partial charge on any atom is -0.327 e. The number of nitrogens with one attached hydrogen (secondary N) is 1. The zero-order valence-corrected chi connectivity index (χ0v) is 13.4. The Morgan fingerprint density at radius 1 is 1.29 bits per heavy atom. The fourth-order valence-corrected chi connectivity index (χ4v) is 3.23. The van der Waals surface area contributed by atoms with Crippen LogP contribution in [0.25, 0.3) is 11.0 Å². The third-order valence-electron chi connectivity index (χ3n) is 3.49. The van der Waals surface area contributed by atoms with Crippen LogP contribution in [0.1, 0.15) is 24.3 Å². The molecule has 0 aliphatic rings. The second-order valence-electron chi connectivity index (χ2n) is 5.76. The van der Waals surface area contributed by atoms with Gasteiger partial charge in [0.1, 0.15) is 5.65 Å². The number of thiophene rings is 1.